The van der Waals surface area contributed by atoms with Crippen molar-refractivity contribution in [1.29, 1.82) is 0 Å². The molecule has 0 spiro atoms. The maximum Gasteiger partial charge on any atom is 0.271 e. The number of methoxy groups -OCH3 is 1. The lowest BCUT2D eigenvalue weighted by Crippen LogP contribution is -2.28. The predicted molar refractivity (Wildman–Crippen MR) is 50.7 cm³/mol. The Kier molecular flexibility index (Phi) is 3.81. The van der Waals surface area contributed by atoms with E-state index in [1.54, 1.807) is 7.11 Å². The molecule has 0 saturated heterocycles. The molecule has 76 valence electrons. The Hall–Kier alpha value is -1.69. The Labute approximate surface area is 81.5 Å². The fourth-order valence-electron chi connectivity index (χ4n) is 0.848. The number of carbonyl (C=O) groups excluding carboxylic acids is 1. The second kappa shape index (κ2) is 5.13. The van der Waals surface area contributed by atoms with E-state index in [4.69, 9.17) is 10.5 Å². The van der Waals surface area contributed by atoms with Crippen LogP contribution >= 0.6 is 0 Å². The lowest BCUT2D eigenvalue weighted by Gasteiger charge is -2.03. The summed E-state index contributed by atoms with van der Waals surface area (Å²) in [6, 6.07) is 0. The number of carbonyl (C=O) groups is 1. The molecule has 0 aliphatic carbocycles. The van der Waals surface area contributed by atoms with E-state index in [0.717, 1.165) is 0 Å². The number of anilines is 1. The van der Waals surface area contributed by atoms with Crippen LogP contribution in [0.4, 0.5) is 5.82 Å². The van der Waals surface area contributed by atoms with Gasteiger partial charge < -0.3 is 15.8 Å². The third-order valence-electron chi connectivity index (χ3n) is 1.48. The molecule has 0 atom stereocenters. The van der Waals surface area contributed by atoms with Gasteiger partial charge in [-0.3, -0.25) is 9.78 Å². The number of nitrogen functional groups attached to an aromatic ring is 1. The van der Waals surface area contributed by atoms with Crippen LogP contribution in [0.3, 0.4) is 0 Å². The van der Waals surface area contributed by atoms with Crippen molar-refractivity contribution in [1.82, 2.24) is 15.3 Å². The van der Waals surface area contributed by atoms with E-state index < -0.39 is 0 Å². The van der Waals surface area contributed by atoms with Crippen LogP contribution in [0.2, 0.25) is 0 Å². The smallest absolute Gasteiger partial charge is 0.271 e. The molecule has 0 fully saturated rings. The molecule has 0 unspecified atom stereocenters. The van der Waals surface area contributed by atoms with E-state index in [-0.39, 0.29) is 17.4 Å². The molecule has 6 nitrogen and oxygen atoms in total. The summed E-state index contributed by atoms with van der Waals surface area (Å²) in [4.78, 5) is 18.9. The lowest BCUT2D eigenvalue weighted by atomic mass is 10.4. The zero-order valence-corrected chi connectivity index (χ0v) is 7.86. The van der Waals surface area contributed by atoms with Crippen molar-refractivity contribution in [2.75, 3.05) is 26.0 Å². The summed E-state index contributed by atoms with van der Waals surface area (Å²) in [5, 5.41) is 2.61. The second-order valence-corrected chi connectivity index (χ2v) is 2.58. The lowest BCUT2D eigenvalue weighted by molar-refractivity contribution is 0.0932. The zero-order chi connectivity index (χ0) is 10.4. The maximum atomic E-state index is 11.3. The molecular formula is C8H12N4O2. The van der Waals surface area contributed by atoms with Crippen molar-refractivity contribution in [2.45, 2.75) is 0 Å². The standard InChI is InChI=1S/C8H12N4O2/c1-14-3-2-11-8(13)6-4-10-5-7(9)12-6/h4-5H,2-3H2,1H3,(H2,9,12)(H,11,13). The van der Waals surface area contributed by atoms with Gasteiger partial charge in [0.2, 0.25) is 0 Å². The molecule has 1 aromatic heterocycles. The van der Waals surface area contributed by atoms with Crippen molar-refractivity contribution < 1.29 is 9.53 Å². The number of hydrogen-bond donors (Lipinski definition) is 2. The van der Waals surface area contributed by atoms with Gasteiger partial charge in [0, 0.05) is 13.7 Å². The molecular weight excluding hydrogens is 184 g/mol. The Bertz CT molecular complexity index is 316. The molecule has 0 aliphatic heterocycles. The number of nitrogens with zero attached hydrogens (tertiary/aromatic N) is 2. The fraction of sp³-hybridized carbons (Fsp3) is 0.375. The quantitative estimate of drug-likeness (QED) is 0.630. The Morgan fingerprint density at radius 2 is 2.43 bits per heavy atom. The fourth-order valence-corrected chi connectivity index (χ4v) is 0.848. The first-order chi connectivity index (χ1) is 6.74. The second-order valence-electron chi connectivity index (χ2n) is 2.58. The molecule has 0 aromatic carbocycles. The highest BCUT2D eigenvalue weighted by molar-refractivity contribution is 5.92. The van der Waals surface area contributed by atoms with Gasteiger partial charge in [0.1, 0.15) is 11.5 Å². The van der Waals surface area contributed by atoms with Crippen LogP contribution in [0.15, 0.2) is 12.4 Å². The van der Waals surface area contributed by atoms with Crippen molar-refractivity contribution in [3.05, 3.63) is 18.1 Å². The number of nitrogens with one attached hydrogen (secondary N) is 1. The molecule has 1 aromatic rings. The van der Waals surface area contributed by atoms with Crippen LogP contribution in [0.25, 0.3) is 0 Å². The normalized spacial score (nSPS) is 9.79. The first kappa shape index (κ1) is 10.4. The number of aromatic nitrogens is 2. The molecule has 1 heterocycles. The molecule has 14 heavy (non-hydrogen) atoms. The number of amides is 1. The van der Waals surface area contributed by atoms with Gasteiger partial charge in [-0.05, 0) is 0 Å². The SMILES string of the molecule is COCCNC(=O)c1cncc(N)n1. The minimum atomic E-state index is -0.304. The average molecular weight is 196 g/mol. The van der Waals surface area contributed by atoms with Crippen molar-refractivity contribution >= 4 is 11.7 Å². The van der Waals surface area contributed by atoms with E-state index in [9.17, 15) is 4.79 Å². The van der Waals surface area contributed by atoms with Gasteiger partial charge in [0.25, 0.3) is 5.91 Å². The summed E-state index contributed by atoms with van der Waals surface area (Å²) < 4.78 is 4.78. The van der Waals surface area contributed by atoms with Crippen LogP contribution in [0, 0.1) is 0 Å². The average Bonchev–Trinajstić information content (AvgIpc) is 2.18. The first-order valence-corrected chi connectivity index (χ1v) is 4.08. The van der Waals surface area contributed by atoms with Crippen LogP contribution in [-0.2, 0) is 4.74 Å². The minimum Gasteiger partial charge on any atom is -0.383 e. The van der Waals surface area contributed by atoms with Crippen molar-refractivity contribution in [3.8, 4) is 0 Å². The first-order valence-electron chi connectivity index (χ1n) is 4.08. The van der Waals surface area contributed by atoms with Gasteiger partial charge in [-0.1, -0.05) is 0 Å². The number of ether oxygens (including phenoxy) is 1. The van der Waals surface area contributed by atoms with Gasteiger partial charge in [-0.15, -0.1) is 0 Å². The summed E-state index contributed by atoms with van der Waals surface area (Å²) in [5.41, 5.74) is 5.58. The van der Waals surface area contributed by atoms with Crippen molar-refractivity contribution in [2.24, 2.45) is 0 Å². The Morgan fingerprint density at radius 3 is 3.07 bits per heavy atom. The highest BCUT2D eigenvalue weighted by Crippen LogP contribution is 1.96. The van der Waals surface area contributed by atoms with Crippen LogP contribution in [0.1, 0.15) is 10.5 Å². The summed E-state index contributed by atoms with van der Waals surface area (Å²) in [5.74, 6) is -0.0776. The van der Waals surface area contributed by atoms with E-state index in [1.807, 2.05) is 0 Å². The molecule has 0 bridgehead atoms. The number of nitrogens with two attached hydrogens (primary N) is 1. The highest BCUT2D eigenvalue weighted by atomic mass is 16.5. The van der Waals surface area contributed by atoms with E-state index >= 15 is 0 Å². The highest BCUT2D eigenvalue weighted by Gasteiger charge is 2.06. The van der Waals surface area contributed by atoms with Crippen LogP contribution in [-0.4, -0.2) is 36.1 Å². The largest absolute Gasteiger partial charge is 0.383 e. The van der Waals surface area contributed by atoms with Gasteiger partial charge in [-0.2, -0.15) is 0 Å². The number of hydrogen-bond acceptors (Lipinski definition) is 5. The molecule has 1 amide bonds. The van der Waals surface area contributed by atoms with Crippen LogP contribution in [0.5, 0.6) is 0 Å². The van der Waals surface area contributed by atoms with Crippen molar-refractivity contribution in [3.63, 3.8) is 0 Å². The van der Waals surface area contributed by atoms with Gasteiger partial charge in [0.15, 0.2) is 0 Å². The summed E-state index contributed by atoms with van der Waals surface area (Å²) in [6.07, 6.45) is 2.74. The summed E-state index contributed by atoms with van der Waals surface area (Å²) in [6.45, 7) is 0.896. The summed E-state index contributed by atoms with van der Waals surface area (Å²) >= 11 is 0. The van der Waals surface area contributed by atoms with E-state index in [0.29, 0.717) is 13.2 Å². The third kappa shape index (κ3) is 2.98. The number of rotatable bonds is 4. The van der Waals surface area contributed by atoms with E-state index in [1.165, 1.54) is 12.4 Å². The zero-order valence-electron chi connectivity index (χ0n) is 7.86. The molecule has 1 rings (SSSR count). The Balaban J connectivity index is 2.52. The molecule has 0 aliphatic rings. The summed E-state index contributed by atoms with van der Waals surface area (Å²) in [7, 11) is 1.56. The molecule has 3 N–H and O–H groups in total. The minimum absolute atomic E-state index is 0.209. The monoisotopic (exact) mass is 196 g/mol. The molecule has 0 saturated carbocycles. The Morgan fingerprint density at radius 1 is 1.64 bits per heavy atom. The van der Waals surface area contributed by atoms with Gasteiger partial charge >= 0.3 is 0 Å². The third-order valence-corrected chi connectivity index (χ3v) is 1.48. The molecule has 6 heteroatoms. The van der Waals surface area contributed by atoms with Gasteiger partial charge in [0.05, 0.1) is 19.0 Å². The van der Waals surface area contributed by atoms with Gasteiger partial charge in [-0.25, -0.2) is 4.98 Å². The van der Waals surface area contributed by atoms with E-state index in [2.05, 4.69) is 15.3 Å². The maximum absolute atomic E-state index is 11.3. The molecule has 0 radical (unpaired) electrons. The topological polar surface area (TPSA) is 90.1 Å². The predicted octanol–water partition coefficient (Wildman–Crippen LogP) is -0.565. The van der Waals surface area contributed by atoms with Crippen LogP contribution < -0.4 is 11.1 Å².